The van der Waals surface area contributed by atoms with E-state index < -0.39 is 7.92 Å². The average Bonchev–Trinajstić information content (AvgIpc) is 2.62. The second-order valence-electron chi connectivity index (χ2n) is 4.81. The van der Waals surface area contributed by atoms with Gasteiger partial charge in [-0.3, -0.25) is 14.4 Å². The van der Waals surface area contributed by atoms with Crippen molar-refractivity contribution in [1.82, 2.24) is 15.0 Å². The summed E-state index contributed by atoms with van der Waals surface area (Å²) in [4.78, 5) is 45.2. The van der Waals surface area contributed by atoms with Gasteiger partial charge in [0.25, 0.3) is 0 Å². The van der Waals surface area contributed by atoms with Crippen molar-refractivity contribution in [3.8, 4) is 0 Å². The number of nitrogens with one attached hydrogen (secondary N) is 1. The quantitative estimate of drug-likeness (QED) is 0.542. The van der Waals surface area contributed by atoms with Crippen molar-refractivity contribution in [3.63, 3.8) is 0 Å². The van der Waals surface area contributed by atoms with Gasteiger partial charge in [0.05, 0.1) is 16.3 Å². The number of H-pyrrole nitrogens is 1. The minimum absolute atomic E-state index is 0.238. The molecule has 0 aliphatic heterocycles. The van der Waals surface area contributed by atoms with Gasteiger partial charge < -0.3 is 4.98 Å². The van der Waals surface area contributed by atoms with Crippen LogP contribution < -0.4 is 21.9 Å². The van der Waals surface area contributed by atoms with Crippen LogP contribution in [0.15, 0.2) is 59.4 Å². The van der Waals surface area contributed by atoms with Gasteiger partial charge in [-0.2, -0.15) is 0 Å². The maximum Gasteiger partial charge on any atom is 0.248 e. The molecule has 1 N–H and O–H groups in total. The summed E-state index contributed by atoms with van der Waals surface area (Å²) in [6.07, 6.45) is 1.33. The number of carbonyl (C=O) groups excluding carboxylic acids is 2. The predicted molar refractivity (Wildman–Crippen MR) is 92.1 cm³/mol. The maximum atomic E-state index is 11.7. The van der Waals surface area contributed by atoms with E-state index in [-0.39, 0.29) is 5.56 Å². The number of carbonyl (C=O) groups is 2. The molecule has 0 saturated heterocycles. The van der Waals surface area contributed by atoms with Gasteiger partial charge in [-0.1, -0.05) is 18.2 Å². The summed E-state index contributed by atoms with van der Waals surface area (Å²) in [5.74, 6) is 0. The molecule has 0 bridgehead atoms. The molecular formula is C17H12N3O3P. The van der Waals surface area contributed by atoms with Crippen molar-refractivity contribution >= 4 is 36.8 Å². The molecule has 0 amide bonds. The van der Waals surface area contributed by atoms with Gasteiger partial charge in [-0.15, -0.1) is 0 Å². The van der Waals surface area contributed by atoms with E-state index in [9.17, 15) is 14.4 Å². The average molecular weight is 337 g/mol. The van der Waals surface area contributed by atoms with Crippen molar-refractivity contribution in [2.24, 2.45) is 0 Å². The Labute approximate surface area is 138 Å². The standard InChI is InChI=1S/C17H12N3O3P/c21-10-12-4-1-7-15(18-12)24(17-9-3-6-14(23)20-17)16-8-2-5-13(11-22)19-16/h1-11H,(H,20,23). The molecule has 7 heteroatoms. The number of aromatic nitrogens is 3. The Bertz CT molecular complexity index is 904. The molecule has 3 aromatic rings. The number of hydrogen-bond donors (Lipinski definition) is 1. The van der Waals surface area contributed by atoms with Crippen LogP contribution in [0.1, 0.15) is 21.0 Å². The lowest BCUT2D eigenvalue weighted by Gasteiger charge is -2.17. The van der Waals surface area contributed by atoms with Crippen LogP contribution in [0.25, 0.3) is 0 Å². The number of rotatable bonds is 5. The van der Waals surface area contributed by atoms with Crippen molar-refractivity contribution < 1.29 is 9.59 Å². The van der Waals surface area contributed by atoms with Crippen molar-refractivity contribution in [2.75, 3.05) is 0 Å². The first kappa shape index (κ1) is 15.9. The fourth-order valence-electron chi connectivity index (χ4n) is 2.19. The molecule has 6 nitrogen and oxygen atoms in total. The van der Waals surface area contributed by atoms with Crippen LogP contribution in [0.2, 0.25) is 0 Å². The number of nitrogens with zero attached hydrogens (tertiary/aromatic N) is 2. The molecule has 0 spiro atoms. The SMILES string of the molecule is O=Cc1cccc(P(c2cccc(C=O)n2)c2cccc(=O)[nH]2)n1. The minimum Gasteiger partial charge on any atom is -0.321 e. The molecule has 0 fully saturated rings. The van der Waals surface area contributed by atoms with Gasteiger partial charge in [0.2, 0.25) is 5.56 Å². The van der Waals surface area contributed by atoms with E-state index in [2.05, 4.69) is 15.0 Å². The second-order valence-corrected chi connectivity index (χ2v) is 6.88. The fraction of sp³-hybridized carbons (Fsp3) is 0. The largest absolute Gasteiger partial charge is 0.321 e. The van der Waals surface area contributed by atoms with Crippen LogP contribution >= 0.6 is 7.92 Å². The van der Waals surface area contributed by atoms with Gasteiger partial charge in [0.15, 0.2) is 12.6 Å². The number of aldehydes is 2. The zero-order valence-electron chi connectivity index (χ0n) is 12.4. The molecule has 0 radical (unpaired) electrons. The number of hydrogen-bond acceptors (Lipinski definition) is 5. The first-order valence-electron chi connectivity index (χ1n) is 7.05. The third-order valence-electron chi connectivity index (χ3n) is 3.21. The summed E-state index contributed by atoms with van der Waals surface area (Å²) in [5.41, 5.74) is 2.23. The van der Waals surface area contributed by atoms with E-state index in [0.29, 0.717) is 40.3 Å². The van der Waals surface area contributed by atoms with Crippen LogP contribution in [0, 0.1) is 0 Å². The molecule has 3 rings (SSSR count). The van der Waals surface area contributed by atoms with E-state index in [1.54, 1.807) is 48.5 Å². The summed E-state index contributed by atoms with van der Waals surface area (Å²) >= 11 is 0. The van der Waals surface area contributed by atoms with Gasteiger partial charge in [-0.05, 0) is 30.3 Å². The van der Waals surface area contributed by atoms with Crippen LogP contribution in [-0.4, -0.2) is 27.5 Å². The molecule has 0 aliphatic carbocycles. The van der Waals surface area contributed by atoms with Gasteiger partial charge in [-0.25, -0.2) is 9.97 Å². The highest BCUT2D eigenvalue weighted by atomic mass is 31.1. The lowest BCUT2D eigenvalue weighted by Crippen LogP contribution is -2.30. The zero-order valence-corrected chi connectivity index (χ0v) is 13.3. The van der Waals surface area contributed by atoms with Gasteiger partial charge in [0, 0.05) is 14.0 Å². The third-order valence-corrected chi connectivity index (χ3v) is 5.36. The molecule has 0 atom stereocenters. The summed E-state index contributed by atoms with van der Waals surface area (Å²) in [6, 6.07) is 15.1. The third kappa shape index (κ3) is 3.34. The Morgan fingerprint density at radius 3 is 1.83 bits per heavy atom. The molecular weight excluding hydrogens is 325 g/mol. The summed E-state index contributed by atoms with van der Waals surface area (Å²) < 4.78 is 0. The molecule has 3 aromatic heterocycles. The lowest BCUT2D eigenvalue weighted by atomic mass is 10.4. The van der Waals surface area contributed by atoms with Gasteiger partial charge in [0.1, 0.15) is 11.4 Å². The maximum absolute atomic E-state index is 11.7. The van der Waals surface area contributed by atoms with Crippen LogP contribution in [0.3, 0.4) is 0 Å². The van der Waals surface area contributed by atoms with E-state index in [1.807, 2.05) is 0 Å². The molecule has 24 heavy (non-hydrogen) atoms. The van der Waals surface area contributed by atoms with Crippen molar-refractivity contribution in [3.05, 3.63) is 76.3 Å². The Hall–Kier alpha value is -2.98. The molecule has 0 aliphatic rings. The van der Waals surface area contributed by atoms with Crippen molar-refractivity contribution in [2.45, 2.75) is 0 Å². The number of aromatic amines is 1. The smallest absolute Gasteiger partial charge is 0.248 e. The second kappa shape index (κ2) is 7.06. The molecule has 118 valence electrons. The summed E-state index contributed by atoms with van der Waals surface area (Å²) in [5, 5.41) is 0. The Morgan fingerprint density at radius 1 is 0.792 bits per heavy atom. The van der Waals surface area contributed by atoms with E-state index >= 15 is 0 Å². The molecule has 3 heterocycles. The minimum atomic E-state index is -1.30. The summed E-state index contributed by atoms with van der Waals surface area (Å²) in [7, 11) is -1.30. The highest BCUT2D eigenvalue weighted by Gasteiger charge is 2.21. The predicted octanol–water partition coefficient (Wildman–Crippen LogP) is 0.548. The van der Waals surface area contributed by atoms with E-state index in [4.69, 9.17) is 0 Å². The fourth-order valence-corrected chi connectivity index (χ4v) is 4.28. The Kier molecular flexibility index (Phi) is 4.68. The topological polar surface area (TPSA) is 92.8 Å². The first-order chi connectivity index (χ1) is 11.7. The van der Waals surface area contributed by atoms with Crippen LogP contribution in [-0.2, 0) is 0 Å². The van der Waals surface area contributed by atoms with E-state index in [0.717, 1.165) is 0 Å². The Balaban J connectivity index is 2.21. The molecule has 0 aromatic carbocycles. The van der Waals surface area contributed by atoms with E-state index in [1.165, 1.54) is 6.07 Å². The Morgan fingerprint density at radius 2 is 1.33 bits per heavy atom. The number of pyridine rings is 3. The highest BCUT2D eigenvalue weighted by molar-refractivity contribution is 7.79. The van der Waals surface area contributed by atoms with Gasteiger partial charge >= 0.3 is 0 Å². The van der Waals surface area contributed by atoms with Crippen LogP contribution in [0.5, 0.6) is 0 Å². The highest BCUT2D eigenvalue weighted by Crippen LogP contribution is 2.29. The summed E-state index contributed by atoms with van der Waals surface area (Å²) in [6.45, 7) is 0. The van der Waals surface area contributed by atoms with Crippen LogP contribution in [0.4, 0.5) is 0 Å². The first-order valence-corrected chi connectivity index (χ1v) is 8.39. The molecule has 0 unspecified atom stereocenters. The molecule has 0 saturated carbocycles. The zero-order chi connectivity index (χ0) is 16.9. The monoisotopic (exact) mass is 337 g/mol. The van der Waals surface area contributed by atoms with Crippen molar-refractivity contribution in [1.29, 1.82) is 0 Å². The lowest BCUT2D eigenvalue weighted by molar-refractivity contribution is 0.111. The normalized spacial score (nSPS) is 10.5.